The summed E-state index contributed by atoms with van der Waals surface area (Å²) in [5.41, 5.74) is 1.78. The van der Waals surface area contributed by atoms with Gasteiger partial charge in [-0.15, -0.1) is 0 Å². The van der Waals surface area contributed by atoms with Gasteiger partial charge in [0.1, 0.15) is 5.75 Å². The highest BCUT2D eigenvalue weighted by atomic mass is 16.6. The fourth-order valence-corrected chi connectivity index (χ4v) is 3.46. The summed E-state index contributed by atoms with van der Waals surface area (Å²) in [6.07, 6.45) is 0.778. The molecule has 6 heteroatoms. The number of amides is 2. The number of ether oxygens (including phenoxy) is 2. The summed E-state index contributed by atoms with van der Waals surface area (Å²) in [6, 6.07) is 14.3. The summed E-state index contributed by atoms with van der Waals surface area (Å²) in [4.78, 5) is 24.5. The summed E-state index contributed by atoms with van der Waals surface area (Å²) in [7, 11) is 0. The number of para-hydroxylation sites is 1. The van der Waals surface area contributed by atoms with Crippen LogP contribution in [0.3, 0.4) is 0 Å². The van der Waals surface area contributed by atoms with Crippen molar-refractivity contribution >= 4 is 23.4 Å². The Bertz CT molecular complexity index is 813. The van der Waals surface area contributed by atoms with E-state index >= 15 is 0 Å². The summed E-state index contributed by atoms with van der Waals surface area (Å²) < 4.78 is 10.6. The highest BCUT2D eigenvalue weighted by molar-refractivity contribution is 6.07. The van der Waals surface area contributed by atoms with Crippen LogP contribution in [0.15, 0.2) is 48.5 Å². The third-order valence-corrected chi connectivity index (χ3v) is 4.76. The van der Waals surface area contributed by atoms with Gasteiger partial charge in [0.25, 0.3) is 0 Å². The summed E-state index contributed by atoms with van der Waals surface area (Å²) >= 11 is 0. The third-order valence-electron chi connectivity index (χ3n) is 4.76. The Labute approximate surface area is 145 Å². The molecule has 0 bridgehead atoms. The fourth-order valence-electron chi connectivity index (χ4n) is 3.46. The van der Waals surface area contributed by atoms with Gasteiger partial charge in [-0.05, 0) is 42.7 Å². The van der Waals surface area contributed by atoms with Crippen LogP contribution in [-0.2, 0) is 14.9 Å². The molecule has 0 saturated carbocycles. The average molecular weight is 338 g/mol. The predicted octanol–water partition coefficient (Wildman–Crippen LogP) is 3.30. The van der Waals surface area contributed by atoms with Gasteiger partial charge in [-0.3, -0.25) is 10.1 Å². The SMILES string of the molecule is O=C(Nc1ccc2c(c1)NC(=O)C21CCOCC1)Oc1ccccc1. The number of anilines is 2. The van der Waals surface area contributed by atoms with E-state index in [1.165, 1.54) is 0 Å². The van der Waals surface area contributed by atoms with Crippen molar-refractivity contribution in [2.75, 3.05) is 23.8 Å². The topological polar surface area (TPSA) is 76.7 Å². The van der Waals surface area contributed by atoms with Crippen molar-refractivity contribution in [1.29, 1.82) is 0 Å². The molecule has 2 N–H and O–H groups in total. The highest BCUT2D eigenvalue weighted by Gasteiger charge is 2.47. The van der Waals surface area contributed by atoms with Crippen molar-refractivity contribution in [3.05, 3.63) is 54.1 Å². The lowest BCUT2D eigenvalue weighted by Crippen LogP contribution is -2.39. The maximum absolute atomic E-state index is 12.5. The molecule has 2 aromatic carbocycles. The van der Waals surface area contributed by atoms with E-state index in [0.29, 0.717) is 37.5 Å². The number of rotatable bonds is 2. The van der Waals surface area contributed by atoms with Crippen LogP contribution in [0.4, 0.5) is 16.2 Å². The molecule has 4 rings (SSSR count). The largest absolute Gasteiger partial charge is 0.417 e. The van der Waals surface area contributed by atoms with Crippen molar-refractivity contribution < 1.29 is 19.1 Å². The molecule has 6 nitrogen and oxygen atoms in total. The number of carbonyl (C=O) groups is 2. The number of nitrogens with one attached hydrogen (secondary N) is 2. The molecule has 2 aromatic rings. The second-order valence-corrected chi connectivity index (χ2v) is 6.24. The van der Waals surface area contributed by atoms with Crippen LogP contribution in [0, 0.1) is 0 Å². The number of carbonyl (C=O) groups excluding carboxylic acids is 2. The molecule has 0 unspecified atom stereocenters. The fraction of sp³-hybridized carbons (Fsp3) is 0.263. The molecule has 25 heavy (non-hydrogen) atoms. The molecule has 1 spiro atoms. The van der Waals surface area contributed by atoms with Crippen molar-refractivity contribution in [2.45, 2.75) is 18.3 Å². The molecule has 0 radical (unpaired) electrons. The average Bonchev–Trinajstić information content (AvgIpc) is 2.87. The summed E-state index contributed by atoms with van der Waals surface area (Å²) in [5.74, 6) is 0.477. The van der Waals surface area contributed by atoms with E-state index < -0.39 is 11.5 Å². The van der Waals surface area contributed by atoms with Crippen LogP contribution in [0.1, 0.15) is 18.4 Å². The molecule has 128 valence electrons. The molecular weight excluding hydrogens is 320 g/mol. The molecule has 2 aliphatic rings. The van der Waals surface area contributed by atoms with Gasteiger partial charge in [-0.2, -0.15) is 0 Å². The summed E-state index contributed by atoms with van der Waals surface area (Å²) in [5, 5.41) is 5.62. The van der Waals surface area contributed by atoms with E-state index in [-0.39, 0.29) is 5.91 Å². The molecule has 2 amide bonds. The van der Waals surface area contributed by atoms with Gasteiger partial charge in [0.15, 0.2) is 0 Å². The first-order valence-electron chi connectivity index (χ1n) is 8.25. The van der Waals surface area contributed by atoms with E-state index in [0.717, 1.165) is 11.3 Å². The normalized spacial score (nSPS) is 17.7. The number of hydrogen-bond acceptors (Lipinski definition) is 4. The minimum atomic E-state index is -0.573. The van der Waals surface area contributed by atoms with Gasteiger partial charge < -0.3 is 14.8 Å². The first-order valence-corrected chi connectivity index (χ1v) is 8.25. The first kappa shape index (κ1) is 15.7. The van der Waals surface area contributed by atoms with Crippen LogP contribution in [0.5, 0.6) is 5.75 Å². The van der Waals surface area contributed by atoms with Gasteiger partial charge in [-0.1, -0.05) is 24.3 Å². The van der Waals surface area contributed by atoms with E-state index in [1.807, 2.05) is 12.1 Å². The van der Waals surface area contributed by atoms with Gasteiger partial charge in [-0.25, -0.2) is 4.79 Å². The Balaban J connectivity index is 1.51. The molecule has 0 aromatic heterocycles. The predicted molar refractivity (Wildman–Crippen MR) is 92.9 cm³/mol. The maximum Gasteiger partial charge on any atom is 0.417 e. The number of benzene rings is 2. The highest BCUT2D eigenvalue weighted by Crippen LogP contribution is 2.45. The third kappa shape index (κ3) is 2.85. The van der Waals surface area contributed by atoms with Gasteiger partial charge in [0.2, 0.25) is 5.91 Å². The van der Waals surface area contributed by atoms with Gasteiger partial charge in [0, 0.05) is 24.6 Å². The smallest absolute Gasteiger partial charge is 0.410 e. The van der Waals surface area contributed by atoms with Crippen LogP contribution >= 0.6 is 0 Å². The second-order valence-electron chi connectivity index (χ2n) is 6.24. The van der Waals surface area contributed by atoms with E-state index in [1.54, 1.807) is 36.4 Å². The van der Waals surface area contributed by atoms with Crippen LogP contribution < -0.4 is 15.4 Å². The van der Waals surface area contributed by atoms with E-state index in [9.17, 15) is 9.59 Å². The molecular formula is C19H18N2O4. The lowest BCUT2D eigenvalue weighted by molar-refractivity contribution is -0.124. The van der Waals surface area contributed by atoms with E-state index in [4.69, 9.17) is 9.47 Å². The monoisotopic (exact) mass is 338 g/mol. The van der Waals surface area contributed by atoms with Crippen LogP contribution in [0.2, 0.25) is 0 Å². The molecule has 2 heterocycles. The molecule has 0 aliphatic carbocycles. The van der Waals surface area contributed by atoms with Crippen molar-refractivity contribution in [3.63, 3.8) is 0 Å². The van der Waals surface area contributed by atoms with Crippen molar-refractivity contribution in [2.24, 2.45) is 0 Å². The first-order chi connectivity index (χ1) is 12.2. The minimum absolute atomic E-state index is 0.00909. The Morgan fingerprint density at radius 1 is 1.12 bits per heavy atom. The zero-order valence-corrected chi connectivity index (χ0v) is 13.6. The van der Waals surface area contributed by atoms with Crippen molar-refractivity contribution in [1.82, 2.24) is 0 Å². The van der Waals surface area contributed by atoms with Gasteiger partial charge >= 0.3 is 6.09 Å². The molecule has 2 aliphatic heterocycles. The van der Waals surface area contributed by atoms with Gasteiger partial charge in [0.05, 0.1) is 5.41 Å². The second kappa shape index (κ2) is 6.22. The Morgan fingerprint density at radius 2 is 1.88 bits per heavy atom. The Morgan fingerprint density at radius 3 is 2.64 bits per heavy atom. The molecule has 0 atom stereocenters. The van der Waals surface area contributed by atoms with E-state index in [2.05, 4.69) is 10.6 Å². The quantitative estimate of drug-likeness (QED) is 0.881. The van der Waals surface area contributed by atoms with Crippen LogP contribution in [-0.4, -0.2) is 25.2 Å². The Kier molecular flexibility index (Phi) is 3.89. The zero-order valence-electron chi connectivity index (χ0n) is 13.6. The number of hydrogen-bond donors (Lipinski definition) is 2. The summed E-state index contributed by atoms with van der Waals surface area (Å²) in [6.45, 7) is 1.16. The van der Waals surface area contributed by atoms with Crippen molar-refractivity contribution in [3.8, 4) is 5.75 Å². The minimum Gasteiger partial charge on any atom is -0.410 e. The Hall–Kier alpha value is -2.86. The molecule has 1 fully saturated rings. The maximum atomic E-state index is 12.5. The lowest BCUT2D eigenvalue weighted by Gasteiger charge is -2.31. The molecule has 1 saturated heterocycles. The van der Waals surface area contributed by atoms with Crippen LogP contribution in [0.25, 0.3) is 0 Å². The number of fused-ring (bicyclic) bond motifs is 2. The standard InChI is InChI=1S/C19H18N2O4/c22-17-19(8-10-24-11-9-19)15-7-6-13(12-16(15)21-17)20-18(23)25-14-4-2-1-3-5-14/h1-7,12H,8-11H2,(H,20,23)(H,21,22). The lowest BCUT2D eigenvalue weighted by atomic mass is 9.75. The zero-order chi connectivity index (χ0) is 17.3.